The Morgan fingerprint density at radius 1 is 1.50 bits per heavy atom. The summed E-state index contributed by atoms with van der Waals surface area (Å²) in [5.74, 6) is 0. The quantitative estimate of drug-likeness (QED) is 0.781. The van der Waals surface area contributed by atoms with Gasteiger partial charge in [0.15, 0.2) is 0 Å². The van der Waals surface area contributed by atoms with Crippen LogP contribution < -0.4 is 0 Å². The molecule has 0 unspecified atom stereocenters. The Morgan fingerprint density at radius 3 is 2.71 bits per heavy atom. The van der Waals surface area contributed by atoms with Crippen molar-refractivity contribution < 1.29 is 12.6 Å². The van der Waals surface area contributed by atoms with Crippen LogP contribution in [0.15, 0.2) is 22.8 Å². The number of hydrogen-bond donors (Lipinski definition) is 0. The van der Waals surface area contributed by atoms with Crippen LogP contribution in [0.4, 0.5) is 0 Å². The van der Waals surface area contributed by atoms with Crippen LogP contribution >= 0.6 is 15.9 Å². The summed E-state index contributed by atoms with van der Waals surface area (Å²) in [6.45, 7) is 0.132. The molecule has 0 aliphatic heterocycles. The van der Waals surface area contributed by atoms with Crippen LogP contribution in [-0.2, 0) is 20.7 Å². The second-order valence-corrected chi connectivity index (χ2v) is 5.30. The maximum absolute atomic E-state index is 10.6. The summed E-state index contributed by atoms with van der Waals surface area (Å²) in [6.07, 6.45) is 3.18. The number of hydrogen-bond acceptors (Lipinski definition) is 4. The van der Waals surface area contributed by atoms with E-state index < -0.39 is 10.1 Å². The van der Waals surface area contributed by atoms with Gasteiger partial charge in [-0.05, 0) is 28.1 Å². The molecule has 1 aromatic rings. The van der Waals surface area contributed by atoms with Crippen molar-refractivity contribution >= 4 is 26.0 Å². The van der Waals surface area contributed by atoms with Gasteiger partial charge in [0.25, 0.3) is 10.1 Å². The minimum absolute atomic E-state index is 0.132. The van der Waals surface area contributed by atoms with Gasteiger partial charge in [-0.2, -0.15) is 8.42 Å². The molecule has 6 heteroatoms. The number of rotatable bonds is 4. The van der Waals surface area contributed by atoms with Crippen molar-refractivity contribution in [2.45, 2.75) is 6.42 Å². The van der Waals surface area contributed by atoms with Gasteiger partial charge in [-0.1, -0.05) is 0 Å². The van der Waals surface area contributed by atoms with E-state index in [1.165, 1.54) is 0 Å². The summed E-state index contributed by atoms with van der Waals surface area (Å²) in [5.41, 5.74) is 0.803. The van der Waals surface area contributed by atoms with E-state index in [2.05, 4.69) is 25.1 Å². The van der Waals surface area contributed by atoms with E-state index in [9.17, 15) is 8.42 Å². The first-order valence-corrected chi connectivity index (χ1v) is 6.53. The molecule has 0 aromatic carbocycles. The van der Waals surface area contributed by atoms with Crippen LogP contribution in [0.1, 0.15) is 5.69 Å². The summed E-state index contributed by atoms with van der Waals surface area (Å²) in [6, 6.07) is 3.67. The minimum atomic E-state index is -3.34. The Bertz CT molecular complexity index is 388. The highest BCUT2D eigenvalue weighted by atomic mass is 79.9. The molecular formula is C8H10BrNO3S. The van der Waals surface area contributed by atoms with E-state index in [1.54, 1.807) is 6.20 Å². The first-order valence-electron chi connectivity index (χ1n) is 3.92. The smallest absolute Gasteiger partial charge is 0.264 e. The first-order chi connectivity index (χ1) is 6.47. The lowest BCUT2D eigenvalue weighted by molar-refractivity contribution is 0.324. The summed E-state index contributed by atoms with van der Waals surface area (Å²) < 4.78 is 26.7. The Morgan fingerprint density at radius 2 is 2.21 bits per heavy atom. The Kier molecular flexibility index (Phi) is 4.03. The minimum Gasteiger partial charge on any atom is -0.270 e. The molecule has 0 aliphatic rings. The average molecular weight is 280 g/mol. The van der Waals surface area contributed by atoms with Crippen molar-refractivity contribution in [2.75, 3.05) is 12.9 Å². The van der Waals surface area contributed by atoms with Gasteiger partial charge in [-0.25, -0.2) is 0 Å². The molecule has 0 saturated heterocycles. The number of nitrogens with zero attached hydrogens (tertiary/aromatic N) is 1. The standard InChI is InChI=1S/C8H10BrNO3S/c1-14(11,12)13-5-4-8-3-2-7(9)6-10-8/h2-3,6H,4-5H2,1H3. The van der Waals surface area contributed by atoms with Crippen molar-refractivity contribution in [1.29, 1.82) is 0 Å². The highest BCUT2D eigenvalue weighted by molar-refractivity contribution is 9.10. The van der Waals surface area contributed by atoms with Crippen LogP contribution in [0.3, 0.4) is 0 Å². The predicted octanol–water partition coefficient (Wildman–Crippen LogP) is 1.36. The third kappa shape index (κ3) is 4.69. The monoisotopic (exact) mass is 279 g/mol. The maximum atomic E-state index is 10.6. The fourth-order valence-corrected chi connectivity index (χ4v) is 1.47. The zero-order chi connectivity index (χ0) is 10.6. The highest BCUT2D eigenvalue weighted by Gasteiger charge is 2.01. The molecule has 14 heavy (non-hydrogen) atoms. The Balaban J connectivity index is 2.43. The molecule has 1 aromatic heterocycles. The molecule has 0 fully saturated rings. The van der Waals surface area contributed by atoms with Gasteiger partial charge >= 0.3 is 0 Å². The molecule has 1 rings (SSSR count). The van der Waals surface area contributed by atoms with Crippen molar-refractivity contribution in [3.63, 3.8) is 0 Å². The van der Waals surface area contributed by atoms with Gasteiger partial charge in [-0.15, -0.1) is 0 Å². The van der Waals surface area contributed by atoms with Crippen molar-refractivity contribution in [3.05, 3.63) is 28.5 Å². The van der Waals surface area contributed by atoms with Crippen molar-refractivity contribution in [2.24, 2.45) is 0 Å². The highest BCUT2D eigenvalue weighted by Crippen LogP contribution is 2.07. The third-order valence-corrected chi connectivity index (χ3v) is 2.51. The molecular weight excluding hydrogens is 270 g/mol. The SMILES string of the molecule is CS(=O)(=O)OCCc1ccc(Br)cn1. The summed E-state index contributed by atoms with van der Waals surface area (Å²) >= 11 is 3.26. The zero-order valence-corrected chi connectivity index (χ0v) is 10.0. The normalized spacial score (nSPS) is 11.6. The summed E-state index contributed by atoms with van der Waals surface area (Å²) in [7, 11) is -3.34. The lowest BCUT2D eigenvalue weighted by atomic mass is 10.3. The van der Waals surface area contributed by atoms with Crippen LogP contribution in [0.25, 0.3) is 0 Å². The summed E-state index contributed by atoms with van der Waals surface area (Å²) in [4.78, 5) is 4.08. The molecule has 0 saturated carbocycles. The van der Waals surface area contributed by atoms with E-state index >= 15 is 0 Å². The predicted molar refractivity (Wildman–Crippen MR) is 56.4 cm³/mol. The fourth-order valence-electron chi connectivity index (χ4n) is 0.852. The first kappa shape index (κ1) is 11.6. The topological polar surface area (TPSA) is 56.3 Å². The lowest BCUT2D eigenvalue weighted by Gasteiger charge is -2.00. The Hall–Kier alpha value is -0.460. The van der Waals surface area contributed by atoms with Gasteiger partial charge in [0.05, 0.1) is 12.9 Å². The van der Waals surface area contributed by atoms with Gasteiger partial charge in [0, 0.05) is 22.8 Å². The van der Waals surface area contributed by atoms with E-state index in [0.717, 1.165) is 16.4 Å². The Labute approximate surface area is 91.6 Å². The number of pyridine rings is 1. The van der Waals surface area contributed by atoms with E-state index in [-0.39, 0.29) is 6.61 Å². The van der Waals surface area contributed by atoms with Crippen LogP contribution in [-0.4, -0.2) is 26.3 Å². The molecule has 0 aliphatic carbocycles. The number of aromatic nitrogens is 1. The molecule has 78 valence electrons. The van der Waals surface area contributed by atoms with Crippen molar-refractivity contribution in [3.8, 4) is 0 Å². The second kappa shape index (κ2) is 4.86. The molecule has 1 heterocycles. The van der Waals surface area contributed by atoms with E-state index in [4.69, 9.17) is 0 Å². The van der Waals surface area contributed by atoms with Gasteiger partial charge in [0.1, 0.15) is 0 Å². The van der Waals surface area contributed by atoms with Gasteiger partial charge in [-0.3, -0.25) is 9.17 Å². The third-order valence-electron chi connectivity index (χ3n) is 1.44. The van der Waals surface area contributed by atoms with Crippen molar-refractivity contribution in [1.82, 2.24) is 4.98 Å². The van der Waals surface area contributed by atoms with E-state index in [0.29, 0.717) is 6.42 Å². The fraction of sp³-hybridized carbons (Fsp3) is 0.375. The van der Waals surface area contributed by atoms with Crippen LogP contribution in [0.5, 0.6) is 0 Å². The zero-order valence-electron chi connectivity index (χ0n) is 7.60. The van der Waals surface area contributed by atoms with Gasteiger partial charge in [0.2, 0.25) is 0 Å². The lowest BCUT2D eigenvalue weighted by Crippen LogP contribution is -2.06. The average Bonchev–Trinajstić information content (AvgIpc) is 2.06. The molecule has 0 spiro atoms. The molecule has 0 atom stereocenters. The number of halogens is 1. The molecule has 0 N–H and O–H groups in total. The second-order valence-electron chi connectivity index (χ2n) is 2.74. The van der Waals surface area contributed by atoms with Gasteiger partial charge < -0.3 is 0 Å². The molecule has 4 nitrogen and oxygen atoms in total. The maximum Gasteiger partial charge on any atom is 0.264 e. The van der Waals surface area contributed by atoms with E-state index in [1.807, 2.05) is 12.1 Å². The van der Waals surface area contributed by atoms with Crippen LogP contribution in [0, 0.1) is 0 Å². The largest absolute Gasteiger partial charge is 0.270 e. The van der Waals surface area contributed by atoms with Crippen LogP contribution in [0.2, 0.25) is 0 Å². The molecule has 0 bridgehead atoms. The molecule has 0 amide bonds. The molecule has 0 radical (unpaired) electrons. The summed E-state index contributed by atoms with van der Waals surface area (Å²) in [5, 5.41) is 0.